The monoisotopic (exact) mass is 286 g/mol. The van der Waals surface area contributed by atoms with Crippen LogP contribution >= 0.6 is 0 Å². The van der Waals surface area contributed by atoms with E-state index in [-0.39, 0.29) is 0 Å². The van der Waals surface area contributed by atoms with E-state index in [4.69, 9.17) is 5.73 Å². The van der Waals surface area contributed by atoms with E-state index in [0.29, 0.717) is 11.5 Å². The van der Waals surface area contributed by atoms with E-state index in [0.717, 1.165) is 18.4 Å². The lowest BCUT2D eigenvalue weighted by molar-refractivity contribution is 0.224. The summed E-state index contributed by atoms with van der Waals surface area (Å²) in [5, 5.41) is 3.63. The molecule has 2 aliphatic rings. The smallest absolute Gasteiger partial charge is 0.0342 e. The topological polar surface area (TPSA) is 38.0 Å². The second-order valence-electron chi connectivity index (χ2n) is 7.97. The fraction of sp³-hybridized carbons (Fsp3) is 0.684. The molecule has 3 rings (SSSR count). The van der Waals surface area contributed by atoms with Gasteiger partial charge in [0.1, 0.15) is 0 Å². The van der Waals surface area contributed by atoms with Crippen molar-refractivity contribution in [3.63, 3.8) is 0 Å². The van der Waals surface area contributed by atoms with E-state index in [1.165, 1.54) is 49.8 Å². The van der Waals surface area contributed by atoms with Crippen LogP contribution in [0.1, 0.15) is 63.9 Å². The molecule has 0 unspecified atom stereocenters. The molecule has 2 saturated carbocycles. The molecule has 0 amide bonds. The number of hydrogen-bond acceptors (Lipinski definition) is 2. The summed E-state index contributed by atoms with van der Waals surface area (Å²) in [6.07, 6.45) is 7.88. The van der Waals surface area contributed by atoms with Crippen LogP contribution in [0.4, 0.5) is 5.69 Å². The highest BCUT2D eigenvalue weighted by molar-refractivity contribution is 5.46. The van der Waals surface area contributed by atoms with E-state index in [1.54, 1.807) is 0 Å². The Kier molecular flexibility index (Phi) is 4.26. The van der Waals surface area contributed by atoms with Crippen molar-refractivity contribution in [1.82, 2.24) is 0 Å². The van der Waals surface area contributed by atoms with Crippen molar-refractivity contribution in [2.24, 2.45) is 17.1 Å². The van der Waals surface area contributed by atoms with E-state index in [9.17, 15) is 0 Å². The van der Waals surface area contributed by atoms with Gasteiger partial charge in [-0.05, 0) is 80.0 Å². The molecular weight excluding hydrogens is 256 g/mol. The van der Waals surface area contributed by atoms with Gasteiger partial charge in [-0.15, -0.1) is 0 Å². The minimum Gasteiger partial charge on any atom is -0.382 e. The number of hydrogen-bond donors (Lipinski definition) is 2. The predicted octanol–water partition coefficient (Wildman–Crippen LogP) is 4.52. The Balaban J connectivity index is 1.53. The summed E-state index contributed by atoms with van der Waals surface area (Å²) in [4.78, 5) is 0. The van der Waals surface area contributed by atoms with Crippen LogP contribution in [0.25, 0.3) is 0 Å². The SMILES string of the molecule is CC1(C)CCC(c2ccc(NC3CC(CN)C3)cc2)CC1. The third-order valence-electron chi connectivity index (χ3n) is 5.66. The molecule has 0 radical (unpaired) electrons. The Morgan fingerprint density at radius 2 is 1.71 bits per heavy atom. The lowest BCUT2D eigenvalue weighted by Crippen LogP contribution is -2.39. The first kappa shape index (κ1) is 14.9. The first-order chi connectivity index (χ1) is 10.1. The average molecular weight is 286 g/mol. The fourth-order valence-electron chi connectivity index (χ4n) is 3.87. The van der Waals surface area contributed by atoms with Gasteiger partial charge < -0.3 is 11.1 Å². The second-order valence-corrected chi connectivity index (χ2v) is 7.97. The van der Waals surface area contributed by atoms with Crippen LogP contribution in [0.15, 0.2) is 24.3 Å². The summed E-state index contributed by atoms with van der Waals surface area (Å²) in [5.41, 5.74) is 9.05. The van der Waals surface area contributed by atoms with E-state index >= 15 is 0 Å². The zero-order chi connectivity index (χ0) is 14.9. The lowest BCUT2D eigenvalue weighted by Gasteiger charge is -2.36. The molecule has 1 aromatic carbocycles. The van der Waals surface area contributed by atoms with E-state index in [1.807, 2.05) is 0 Å². The van der Waals surface area contributed by atoms with Gasteiger partial charge in [-0.3, -0.25) is 0 Å². The first-order valence-corrected chi connectivity index (χ1v) is 8.62. The lowest BCUT2D eigenvalue weighted by atomic mass is 9.71. The molecular formula is C19H30N2. The Bertz CT molecular complexity index is 447. The van der Waals surface area contributed by atoms with Crippen molar-refractivity contribution in [2.75, 3.05) is 11.9 Å². The zero-order valence-corrected chi connectivity index (χ0v) is 13.6. The first-order valence-electron chi connectivity index (χ1n) is 8.62. The Morgan fingerprint density at radius 1 is 1.10 bits per heavy atom. The molecule has 0 aliphatic heterocycles. The molecule has 0 heterocycles. The van der Waals surface area contributed by atoms with Crippen LogP contribution in [-0.4, -0.2) is 12.6 Å². The van der Waals surface area contributed by atoms with Gasteiger partial charge in [0.15, 0.2) is 0 Å². The maximum atomic E-state index is 5.68. The maximum absolute atomic E-state index is 5.68. The number of anilines is 1. The van der Waals surface area contributed by atoms with Gasteiger partial charge in [-0.2, -0.15) is 0 Å². The summed E-state index contributed by atoms with van der Waals surface area (Å²) < 4.78 is 0. The quantitative estimate of drug-likeness (QED) is 0.854. The number of nitrogens with two attached hydrogens (primary N) is 1. The van der Waals surface area contributed by atoms with Crippen molar-refractivity contribution < 1.29 is 0 Å². The van der Waals surface area contributed by atoms with Crippen LogP contribution in [0, 0.1) is 11.3 Å². The summed E-state index contributed by atoms with van der Waals surface area (Å²) in [5.74, 6) is 1.52. The molecule has 116 valence electrons. The van der Waals surface area contributed by atoms with Gasteiger partial charge in [-0.25, -0.2) is 0 Å². The normalized spacial score (nSPS) is 28.9. The molecule has 2 fully saturated rings. The van der Waals surface area contributed by atoms with Crippen LogP contribution < -0.4 is 11.1 Å². The van der Waals surface area contributed by atoms with E-state index < -0.39 is 0 Å². The third-order valence-corrected chi connectivity index (χ3v) is 5.66. The minimum atomic E-state index is 0.557. The maximum Gasteiger partial charge on any atom is 0.0342 e. The molecule has 0 aromatic heterocycles. The molecule has 0 saturated heterocycles. The highest BCUT2D eigenvalue weighted by atomic mass is 14.9. The van der Waals surface area contributed by atoms with Crippen LogP contribution in [0.2, 0.25) is 0 Å². The average Bonchev–Trinajstić information content (AvgIpc) is 2.43. The van der Waals surface area contributed by atoms with Crippen molar-refractivity contribution in [3.8, 4) is 0 Å². The molecule has 0 bridgehead atoms. The minimum absolute atomic E-state index is 0.557. The van der Waals surface area contributed by atoms with Crippen LogP contribution in [0.3, 0.4) is 0 Å². The summed E-state index contributed by atoms with van der Waals surface area (Å²) in [7, 11) is 0. The van der Waals surface area contributed by atoms with E-state index in [2.05, 4.69) is 43.4 Å². The number of nitrogens with one attached hydrogen (secondary N) is 1. The van der Waals surface area contributed by atoms with Gasteiger partial charge in [0.05, 0.1) is 0 Å². The van der Waals surface area contributed by atoms with Crippen LogP contribution in [0.5, 0.6) is 0 Å². The predicted molar refractivity (Wildman–Crippen MR) is 90.6 cm³/mol. The van der Waals surface area contributed by atoms with Gasteiger partial charge in [0, 0.05) is 11.7 Å². The Labute approximate surface area is 129 Å². The van der Waals surface area contributed by atoms with Gasteiger partial charge in [0.2, 0.25) is 0 Å². The summed E-state index contributed by atoms with van der Waals surface area (Å²) >= 11 is 0. The molecule has 0 spiro atoms. The molecule has 2 aliphatic carbocycles. The van der Waals surface area contributed by atoms with Crippen molar-refractivity contribution >= 4 is 5.69 Å². The van der Waals surface area contributed by atoms with Gasteiger partial charge in [0.25, 0.3) is 0 Å². The highest BCUT2D eigenvalue weighted by Gasteiger charge is 2.28. The standard InChI is InChI=1S/C19H30N2/c1-19(2)9-7-16(8-10-19)15-3-5-17(6-4-15)21-18-11-14(12-18)13-20/h3-6,14,16,18,21H,7-13,20H2,1-2H3. The molecule has 2 heteroatoms. The highest BCUT2D eigenvalue weighted by Crippen LogP contribution is 2.42. The molecule has 3 N–H and O–H groups in total. The van der Waals surface area contributed by atoms with Gasteiger partial charge >= 0.3 is 0 Å². The molecule has 2 nitrogen and oxygen atoms in total. The largest absolute Gasteiger partial charge is 0.382 e. The fourth-order valence-corrected chi connectivity index (χ4v) is 3.87. The summed E-state index contributed by atoms with van der Waals surface area (Å²) in [6, 6.07) is 9.85. The number of rotatable bonds is 4. The van der Waals surface area contributed by atoms with Crippen molar-refractivity contribution in [1.29, 1.82) is 0 Å². The number of benzene rings is 1. The van der Waals surface area contributed by atoms with Crippen molar-refractivity contribution in [2.45, 2.75) is 64.3 Å². The second kappa shape index (κ2) is 6.00. The molecule has 1 aromatic rings. The zero-order valence-electron chi connectivity index (χ0n) is 13.6. The Morgan fingerprint density at radius 3 is 2.29 bits per heavy atom. The Hall–Kier alpha value is -1.02. The van der Waals surface area contributed by atoms with Crippen LogP contribution in [-0.2, 0) is 0 Å². The van der Waals surface area contributed by atoms with Gasteiger partial charge in [-0.1, -0.05) is 26.0 Å². The van der Waals surface area contributed by atoms with Crippen molar-refractivity contribution in [3.05, 3.63) is 29.8 Å². The third kappa shape index (κ3) is 3.60. The molecule has 21 heavy (non-hydrogen) atoms. The summed E-state index contributed by atoms with van der Waals surface area (Å²) in [6.45, 7) is 5.65. The molecule has 0 atom stereocenters.